The van der Waals surface area contributed by atoms with Crippen LogP contribution in [0.5, 0.6) is 11.6 Å². The predicted molar refractivity (Wildman–Crippen MR) is 96.6 cm³/mol. The van der Waals surface area contributed by atoms with Crippen LogP contribution in [-0.2, 0) is 0 Å². The van der Waals surface area contributed by atoms with Gasteiger partial charge in [0.2, 0.25) is 0 Å². The van der Waals surface area contributed by atoms with Crippen LogP contribution in [0.25, 0.3) is 0 Å². The van der Waals surface area contributed by atoms with Crippen molar-refractivity contribution in [3.8, 4) is 11.6 Å². The first kappa shape index (κ1) is 16.6. The molecule has 3 rings (SSSR count). The normalized spacial score (nSPS) is 16.9. The van der Waals surface area contributed by atoms with Crippen LogP contribution < -0.4 is 19.7 Å². The zero-order valence-corrected chi connectivity index (χ0v) is 14.6. The zero-order chi connectivity index (χ0) is 16.9. The van der Waals surface area contributed by atoms with Crippen molar-refractivity contribution in [2.24, 2.45) is 0 Å². The fraction of sp³-hybridized carbons (Fsp3) is 0.421. The van der Waals surface area contributed by atoms with Gasteiger partial charge in [-0.3, -0.25) is 0 Å². The van der Waals surface area contributed by atoms with Gasteiger partial charge in [0.1, 0.15) is 5.82 Å². The molecular weight excluding hydrogens is 302 g/mol. The van der Waals surface area contributed by atoms with Crippen LogP contribution in [0.15, 0.2) is 36.4 Å². The van der Waals surface area contributed by atoms with Crippen LogP contribution in [0.3, 0.4) is 0 Å². The van der Waals surface area contributed by atoms with Crippen molar-refractivity contribution in [3.63, 3.8) is 0 Å². The molecular formula is C19H25N3O2. The molecule has 0 spiro atoms. The number of hydrogen-bond acceptors (Lipinski definition) is 5. The zero-order valence-electron chi connectivity index (χ0n) is 14.6. The SMILES string of the molecule is CCOc1nc(N(c2ccc(C)cc2)C2CCNC2)ccc1OC. The van der Waals surface area contributed by atoms with E-state index >= 15 is 0 Å². The molecule has 1 N–H and O–H groups in total. The average molecular weight is 327 g/mol. The third-order valence-electron chi connectivity index (χ3n) is 4.27. The summed E-state index contributed by atoms with van der Waals surface area (Å²) in [6.45, 7) is 6.59. The van der Waals surface area contributed by atoms with E-state index in [9.17, 15) is 0 Å². The Hall–Kier alpha value is -2.27. The minimum Gasteiger partial charge on any atom is -0.491 e. The van der Waals surface area contributed by atoms with Crippen molar-refractivity contribution in [1.29, 1.82) is 0 Å². The molecule has 1 saturated heterocycles. The average Bonchev–Trinajstić information content (AvgIpc) is 3.12. The van der Waals surface area contributed by atoms with Gasteiger partial charge in [-0.1, -0.05) is 17.7 Å². The molecule has 0 radical (unpaired) electrons. The second kappa shape index (κ2) is 7.53. The van der Waals surface area contributed by atoms with Gasteiger partial charge < -0.3 is 19.7 Å². The van der Waals surface area contributed by atoms with Gasteiger partial charge in [0.25, 0.3) is 5.88 Å². The van der Waals surface area contributed by atoms with Gasteiger partial charge in [0.15, 0.2) is 5.75 Å². The number of aromatic nitrogens is 1. The Morgan fingerprint density at radius 3 is 2.62 bits per heavy atom. The number of aryl methyl sites for hydroxylation is 1. The smallest absolute Gasteiger partial charge is 0.258 e. The Morgan fingerprint density at radius 1 is 1.21 bits per heavy atom. The Morgan fingerprint density at radius 2 is 2.00 bits per heavy atom. The molecule has 1 aromatic carbocycles. The third kappa shape index (κ3) is 3.46. The molecule has 128 valence electrons. The molecule has 0 bridgehead atoms. The first-order valence-electron chi connectivity index (χ1n) is 8.47. The van der Waals surface area contributed by atoms with E-state index in [1.54, 1.807) is 7.11 Å². The molecule has 1 aliphatic heterocycles. The number of benzene rings is 1. The standard InChI is InChI=1S/C19H25N3O2/c1-4-24-19-17(23-3)9-10-18(21-19)22(16-11-12-20-13-16)15-7-5-14(2)6-8-15/h5-10,16,20H,4,11-13H2,1-3H3. The fourth-order valence-corrected chi connectivity index (χ4v) is 3.04. The van der Waals surface area contributed by atoms with Crippen molar-refractivity contribution in [3.05, 3.63) is 42.0 Å². The molecule has 0 saturated carbocycles. The lowest BCUT2D eigenvalue weighted by atomic mass is 10.1. The fourth-order valence-electron chi connectivity index (χ4n) is 3.04. The first-order chi connectivity index (χ1) is 11.7. The summed E-state index contributed by atoms with van der Waals surface area (Å²) in [5.74, 6) is 2.09. The molecule has 1 aliphatic rings. The van der Waals surface area contributed by atoms with Gasteiger partial charge in [0, 0.05) is 18.3 Å². The summed E-state index contributed by atoms with van der Waals surface area (Å²) >= 11 is 0. The summed E-state index contributed by atoms with van der Waals surface area (Å²) < 4.78 is 11.0. The van der Waals surface area contributed by atoms with Gasteiger partial charge in [-0.05, 0) is 51.1 Å². The van der Waals surface area contributed by atoms with Crippen molar-refractivity contribution >= 4 is 11.5 Å². The molecule has 1 unspecified atom stereocenters. The Bertz CT molecular complexity index is 667. The highest BCUT2D eigenvalue weighted by atomic mass is 16.5. The highest BCUT2D eigenvalue weighted by Gasteiger charge is 2.26. The highest BCUT2D eigenvalue weighted by Crippen LogP contribution is 2.33. The molecule has 0 amide bonds. The molecule has 1 aromatic heterocycles. The largest absolute Gasteiger partial charge is 0.491 e. The molecule has 2 aromatic rings. The van der Waals surface area contributed by atoms with Gasteiger partial charge >= 0.3 is 0 Å². The van der Waals surface area contributed by atoms with E-state index in [0.29, 0.717) is 24.3 Å². The van der Waals surface area contributed by atoms with Gasteiger partial charge in [0.05, 0.1) is 13.7 Å². The number of rotatable bonds is 6. The summed E-state index contributed by atoms with van der Waals surface area (Å²) in [5, 5.41) is 3.44. The van der Waals surface area contributed by atoms with Crippen molar-refractivity contribution in [2.75, 3.05) is 31.7 Å². The third-order valence-corrected chi connectivity index (χ3v) is 4.27. The first-order valence-corrected chi connectivity index (χ1v) is 8.47. The lowest BCUT2D eigenvalue weighted by molar-refractivity contribution is 0.298. The number of methoxy groups -OCH3 is 1. The summed E-state index contributed by atoms with van der Waals surface area (Å²) in [6.07, 6.45) is 1.09. The summed E-state index contributed by atoms with van der Waals surface area (Å²) in [4.78, 5) is 7.02. The molecule has 0 aliphatic carbocycles. The molecule has 2 heterocycles. The Labute approximate surface area is 143 Å². The van der Waals surface area contributed by atoms with E-state index in [0.717, 1.165) is 31.0 Å². The van der Waals surface area contributed by atoms with Crippen LogP contribution in [0.4, 0.5) is 11.5 Å². The quantitative estimate of drug-likeness (QED) is 0.882. The number of pyridine rings is 1. The molecule has 5 nitrogen and oxygen atoms in total. The summed E-state index contributed by atoms with van der Waals surface area (Å²) in [6, 6.07) is 12.9. The van der Waals surface area contributed by atoms with Crippen LogP contribution in [0.1, 0.15) is 18.9 Å². The minimum absolute atomic E-state index is 0.378. The summed E-state index contributed by atoms with van der Waals surface area (Å²) in [5.41, 5.74) is 2.40. The van der Waals surface area contributed by atoms with Crippen LogP contribution in [0, 0.1) is 6.92 Å². The molecule has 1 atom stereocenters. The number of nitrogens with zero attached hydrogens (tertiary/aromatic N) is 2. The maximum atomic E-state index is 5.66. The Balaban J connectivity index is 2.01. The van der Waals surface area contributed by atoms with Crippen molar-refractivity contribution < 1.29 is 9.47 Å². The van der Waals surface area contributed by atoms with Gasteiger partial charge in [-0.2, -0.15) is 4.98 Å². The van der Waals surface area contributed by atoms with E-state index in [1.807, 2.05) is 19.1 Å². The van der Waals surface area contributed by atoms with Crippen molar-refractivity contribution in [1.82, 2.24) is 10.3 Å². The topological polar surface area (TPSA) is 46.6 Å². The Kier molecular flexibility index (Phi) is 5.20. The van der Waals surface area contributed by atoms with Crippen LogP contribution in [-0.4, -0.2) is 37.8 Å². The predicted octanol–water partition coefficient (Wildman–Crippen LogP) is 3.30. The second-order valence-corrected chi connectivity index (χ2v) is 5.96. The number of nitrogens with one attached hydrogen (secondary N) is 1. The second-order valence-electron chi connectivity index (χ2n) is 5.96. The van der Waals surface area contributed by atoms with Gasteiger partial charge in [-0.15, -0.1) is 0 Å². The molecule has 1 fully saturated rings. The minimum atomic E-state index is 0.378. The lowest BCUT2D eigenvalue weighted by Crippen LogP contribution is -2.33. The number of anilines is 2. The monoisotopic (exact) mass is 327 g/mol. The summed E-state index contributed by atoms with van der Waals surface area (Å²) in [7, 11) is 1.64. The van der Waals surface area contributed by atoms with Gasteiger partial charge in [-0.25, -0.2) is 0 Å². The van der Waals surface area contributed by atoms with E-state index in [2.05, 4.69) is 41.4 Å². The highest BCUT2D eigenvalue weighted by molar-refractivity contribution is 5.63. The van der Waals surface area contributed by atoms with Crippen LogP contribution in [0.2, 0.25) is 0 Å². The van der Waals surface area contributed by atoms with Crippen LogP contribution >= 0.6 is 0 Å². The van der Waals surface area contributed by atoms with E-state index in [4.69, 9.17) is 14.5 Å². The number of hydrogen-bond donors (Lipinski definition) is 1. The molecule has 24 heavy (non-hydrogen) atoms. The maximum Gasteiger partial charge on any atom is 0.258 e. The lowest BCUT2D eigenvalue weighted by Gasteiger charge is -2.30. The number of ether oxygens (including phenoxy) is 2. The van der Waals surface area contributed by atoms with E-state index in [-0.39, 0.29) is 0 Å². The van der Waals surface area contributed by atoms with E-state index in [1.165, 1.54) is 5.56 Å². The van der Waals surface area contributed by atoms with E-state index < -0.39 is 0 Å². The maximum absolute atomic E-state index is 5.66. The van der Waals surface area contributed by atoms with Crippen molar-refractivity contribution in [2.45, 2.75) is 26.3 Å². The molecule has 5 heteroatoms.